The lowest BCUT2D eigenvalue weighted by molar-refractivity contribution is 0.0526. The molecule has 0 saturated heterocycles. The number of benzene rings is 2. The molecule has 0 aliphatic heterocycles. The molecule has 0 bridgehead atoms. The van der Waals surface area contributed by atoms with E-state index < -0.39 is 0 Å². The number of ether oxygens (including phenoxy) is 1. The van der Waals surface area contributed by atoms with E-state index in [1.165, 1.54) is 0 Å². The van der Waals surface area contributed by atoms with E-state index in [1.807, 2.05) is 41.1 Å². The summed E-state index contributed by atoms with van der Waals surface area (Å²) < 4.78 is 6.81. The SMILES string of the molecule is CCOC(=O)c1ccc(Cn2nnc3ccccc32)cc1. The molecule has 0 unspecified atom stereocenters. The van der Waals surface area contributed by atoms with E-state index in [4.69, 9.17) is 4.74 Å². The molecular weight excluding hydrogens is 266 g/mol. The van der Waals surface area contributed by atoms with Crippen LogP contribution >= 0.6 is 0 Å². The minimum atomic E-state index is -0.296. The highest BCUT2D eigenvalue weighted by Crippen LogP contribution is 2.13. The summed E-state index contributed by atoms with van der Waals surface area (Å²) in [6.45, 7) is 2.79. The fraction of sp³-hybridized carbons (Fsp3) is 0.188. The van der Waals surface area contributed by atoms with Crippen molar-refractivity contribution in [3.63, 3.8) is 0 Å². The predicted molar refractivity (Wildman–Crippen MR) is 79.0 cm³/mol. The number of carbonyl (C=O) groups excluding carboxylic acids is 1. The van der Waals surface area contributed by atoms with Gasteiger partial charge in [-0.1, -0.05) is 29.5 Å². The van der Waals surface area contributed by atoms with Gasteiger partial charge in [-0.25, -0.2) is 9.48 Å². The molecule has 0 atom stereocenters. The average Bonchev–Trinajstić information content (AvgIpc) is 2.92. The van der Waals surface area contributed by atoms with Crippen molar-refractivity contribution >= 4 is 17.0 Å². The molecule has 1 heterocycles. The molecule has 3 aromatic rings. The van der Waals surface area contributed by atoms with Crippen molar-refractivity contribution in [1.29, 1.82) is 0 Å². The first kappa shape index (κ1) is 13.3. The van der Waals surface area contributed by atoms with Gasteiger partial charge >= 0.3 is 5.97 Å². The Morgan fingerprint density at radius 1 is 1.14 bits per heavy atom. The standard InChI is InChI=1S/C16H15N3O2/c1-2-21-16(20)13-9-7-12(8-10-13)11-19-15-6-4-3-5-14(15)17-18-19/h3-10H,2,11H2,1H3. The van der Waals surface area contributed by atoms with Gasteiger partial charge in [0.1, 0.15) is 5.52 Å². The lowest BCUT2D eigenvalue weighted by Crippen LogP contribution is -2.05. The van der Waals surface area contributed by atoms with Crippen LogP contribution in [0.4, 0.5) is 0 Å². The zero-order valence-electron chi connectivity index (χ0n) is 11.7. The maximum Gasteiger partial charge on any atom is 0.338 e. The normalized spacial score (nSPS) is 10.7. The average molecular weight is 281 g/mol. The minimum Gasteiger partial charge on any atom is -0.462 e. The van der Waals surface area contributed by atoms with Gasteiger partial charge in [-0.2, -0.15) is 0 Å². The molecule has 0 radical (unpaired) electrons. The zero-order chi connectivity index (χ0) is 14.7. The van der Waals surface area contributed by atoms with Gasteiger partial charge in [0.05, 0.1) is 24.2 Å². The largest absolute Gasteiger partial charge is 0.462 e. The van der Waals surface area contributed by atoms with Crippen LogP contribution in [0, 0.1) is 0 Å². The third-order valence-electron chi connectivity index (χ3n) is 3.22. The van der Waals surface area contributed by atoms with Crippen molar-refractivity contribution in [1.82, 2.24) is 15.0 Å². The van der Waals surface area contributed by atoms with Gasteiger partial charge in [0, 0.05) is 0 Å². The smallest absolute Gasteiger partial charge is 0.338 e. The molecule has 5 heteroatoms. The fourth-order valence-electron chi connectivity index (χ4n) is 2.17. The first-order chi connectivity index (χ1) is 10.3. The number of hydrogen-bond acceptors (Lipinski definition) is 4. The van der Waals surface area contributed by atoms with Gasteiger partial charge < -0.3 is 4.74 Å². The molecule has 0 saturated carbocycles. The van der Waals surface area contributed by atoms with E-state index in [0.29, 0.717) is 18.7 Å². The second-order valence-electron chi connectivity index (χ2n) is 4.65. The Morgan fingerprint density at radius 3 is 2.67 bits per heavy atom. The highest BCUT2D eigenvalue weighted by Gasteiger charge is 2.07. The predicted octanol–water partition coefficient (Wildman–Crippen LogP) is 2.66. The van der Waals surface area contributed by atoms with Crippen molar-refractivity contribution in [3.05, 3.63) is 59.7 Å². The molecule has 1 aromatic heterocycles. The Morgan fingerprint density at radius 2 is 1.90 bits per heavy atom. The van der Waals surface area contributed by atoms with Crippen LogP contribution in [0.3, 0.4) is 0 Å². The van der Waals surface area contributed by atoms with E-state index in [9.17, 15) is 4.79 Å². The van der Waals surface area contributed by atoms with Crippen LogP contribution in [0.2, 0.25) is 0 Å². The first-order valence-electron chi connectivity index (χ1n) is 6.82. The Bertz CT molecular complexity index is 763. The molecule has 0 spiro atoms. The summed E-state index contributed by atoms with van der Waals surface area (Å²) in [4.78, 5) is 11.6. The Hall–Kier alpha value is -2.69. The number of rotatable bonds is 4. The molecule has 0 N–H and O–H groups in total. The maximum atomic E-state index is 11.6. The number of aromatic nitrogens is 3. The highest BCUT2D eigenvalue weighted by molar-refractivity contribution is 5.89. The lowest BCUT2D eigenvalue weighted by atomic mass is 10.1. The topological polar surface area (TPSA) is 57.0 Å². The molecule has 106 valence electrons. The van der Waals surface area contributed by atoms with E-state index in [2.05, 4.69) is 10.3 Å². The molecule has 0 aliphatic carbocycles. The summed E-state index contributed by atoms with van der Waals surface area (Å²) in [6, 6.07) is 15.2. The van der Waals surface area contributed by atoms with Gasteiger partial charge in [0.2, 0.25) is 0 Å². The van der Waals surface area contributed by atoms with Crippen LogP contribution in [-0.4, -0.2) is 27.6 Å². The first-order valence-corrected chi connectivity index (χ1v) is 6.82. The van der Waals surface area contributed by atoms with Crippen LogP contribution < -0.4 is 0 Å². The molecule has 0 fully saturated rings. The van der Waals surface area contributed by atoms with Gasteiger partial charge in [-0.3, -0.25) is 0 Å². The summed E-state index contributed by atoms with van der Waals surface area (Å²) in [5.41, 5.74) is 3.48. The molecule has 5 nitrogen and oxygen atoms in total. The monoisotopic (exact) mass is 281 g/mol. The Labute approximate surface area is 122 Å². The van der Waals surface area contributed by atoms with Crippen LogP contribution in [0.1, 0.15) is 22.8 Å². The number of esters is 1. The number of carbonyl (C=O) groups is 1. The van der Waals surface area contributed by atoms with E-state index >= 15 is 0 Å². The highest BCUT2D eigenvalue weighted by atomic mass is 16.5. The number of para-hydroxylation sites is 1. The van der Waals surface area contributed by atoms with Gasteiger partial charge in [0.15, 0.2) is 0 Å². The summed E-state index contributed by atoms with van der Waals surface area (Å²) in [6.07, 6.45) is 0. The van der Waals surface area contributed by atoms with E-state index in [-0.39, 0.29) is 5.97 Å². The Balaban J connectivity index is 1.80. The second-order valence-corrected chi connectivity index (χ2v) is 4.65. The van der Waals surface area contributed by atoms with Crippen LogP contribution in [0.15, 0.2) is 48.5 Å². The molecule has 3 rings (SSSR count). The minimum absolute atomic E-state index is 0.296. The molecule has 0 amide bonds. The number of hydrogen-bond donors (Lipinski definition) is 0. The summed E-state index contributed by atoms with van der Waals surface area (Å²) in [7, 11) is 0. The van der Waals surface area contributed by atoms with E-state index in [0.717, 1.165) is 16.6 Å². The van der Waals surface area contributed by atoms with Crippen LogP contribution in [0.25, 0.3) is 11.0 Å². The van der Waals surface area contributed by atoms with E-state index in [1.54, 1.807) is 19.1 Å². The number of nitrogens with zero attached hydrogens (tertiary/aromatic N) is 3. The van der Waals surface area contributed by atoms with Crippen molar-refractivity contribution in [3.8, 4) is 0 Å². The quantitative estimate of drug-likeness (QED) is 0.690. The lowest BCUT2D eigenvalue weighted by Gasteiger charge is -2.05. The molecule has 21 heavy (non-hydrogen) atoms. The fourth-order valence-corrected chi connectivity index (χ4v) is 2.17. The van der Waals surface area contributed by atoms with Gasteiger partial charge in [-0.15, -0.1) is 5.10 Å². The van der Waals surface area contributed by atoms with Crippen LogP contribution in [-0.2, 0) is 11.3 Å². The number of fused-ring (bicyclic) bond motifs is 1. The maximum absolute atomic E-state index is 11.6. The molecule has 0 aliphatic rings. The summed E-state index contributed by atoms with van der Waals surface area (Å²) >= 11 is 0. The Kier molecular flexibility index (Phi) is 3.64. The van der Waals surface area contributed by atoms with Crippen molar-refractivity contribution in [2.75, 3.05) is 6.61 Å². The van der Waals surface area contributed by atoms with Crippen molar-refractivity contribution in [2.45, 2.75) is 13.5 Å². The van der Waals surface area contributed by atoms with Gasteiger partial charge in [0.25, 0.3) is 0 Å². The van der Waals surface area contributed by atoms with Gasteiger partial charge in [-0.05, 0) is 36.8 Å². The van der Waals surface area contributed by atoms with Crippen molar-refractivity contribution < 1.29 is 9.53 Å². The third kappa shape index (κ3) is 2.76. The third-order valence-corrected chi connectivity index (χ3v) is 3.22. The molecule has 2 aromatic carbocycles. The summed E-state index contributed by atoms with van der Waals surface area (Å²) in [5, 5.41) is 8.28. The van der Waals surface area contributed by atoms with Crippen LogP contribution in [0.5, 0.6) is 0 Å². The second kappa shape index (κ2) is 5.75. The van der Waals surface area contributed by atoms with Crippen molar-refractivity contribution in [2.24, 2.45) is 0 Å². The zero-order valence-corrected chi connectivity index (χ0v) is 11.7. The molecular formula is C16H15N3O2. The summed E-state index contributed by atoms with van der Waals surface area (Å²) in [5.74, 6) is -0.296.